The predicted molar refractivity (Wildman–Crippen MR) is 54.0 cm³/mol. The number of benzene rings is 1. The molecule has 0 aliphatic carbocycles. The third-order valence-corrected chi connectivity index (χ3v) is 1.97. The van der Waals surface area contributed by atoms with Crippen LogP contribution in [0.2, 0.25) is 0 Å². The molecule has 1 heterocycles. The SMILES string of the molecule is [C-]#[N+]c1ccc(Cn2cccn2)cc1. The zero-order chi connectivity index (χ0) is 9.80. The fourth-order valence-corrected chi connectivity index (χ4v) is 1.26. The van der Waals surface area contributed by atoms with Crippen molar-refractivity contribution in [1.82, 2.24) is 9.78 Å². The molecule has 0 spiro atoms. The number of hydrogen-bond donors (Lipinski definition) is 0. The summed E-state index contributed by atoms with van der Waals surface area (Å²) in [6.45, 7) is 7.57. The first-order valence-electron chi connectivity index (χ1n) is 4.32. The van der Waals surface area contributed by atoms with E-state index in [2.05, 4.69) is 9.94 Å². The third-order valence-electron chi connectivity index (χ3n) is 1.97. The number of hydrogen-bond acceptors (Lipinski definition) is 1. The lowest BCUT2D eigenvalue weighted by Crippen LogP contribution is -1.98. The van der Waals surface area contributed by atoms with Crippen LogP contribution in [-0.4, -0.2) is 9.78 Å². The maximum Gasteiger partial charge on any atom is 0.187 e. The first-order chi connectivity index (χ1) is 6.88. The van der Waals surface area contributed by atoms with Crippen LogP contribution in [0.4, 0.5) is 5.69 Å². The van der Waals surface area contributed by atoms with Gasteiger partial charge in [-0.3, -0.25) is 4.68 Å². The van der Waals surface area contributed by atoms with Crippen molar-refractivity contribution < 1.29 is 0 Å². The second kappa shape index (κ2) is 3.75. The van der Waals surface area contributed by atoms with Gasteiger partial charge in [0, 0.05) is 12.4 Å². The molecule has 0 atom stereocenters. The van der Waals surface area contributed by atoms with E-state index in [-0.39, 0.29) is 0 Å². The van der Waals surface area contributed by atoms with E-state index in [1.54, 1.807) is 6.20 Å². The molecule has 3 nitrogen and oxygen atoms in total. The smallest absolute Gasteiger partial charge is 0.187 e. The molecule has 0 radical (unpaired) electrons. The fourth-order valence-electron chi connectivity index (χ4n) is 1.26. The van der Waals surface area contributed by atoms with E-state index in [0.717, 1.165) is 12.1 Å². The molecule has 1 aromatic carbocycles. The Morgan fingerprint density at radius 2 is 2.07 bits per heavy atom. The van der Waals surface area contributed by atoms with E-state index in [4.69, 9.17) is 6.57 Å². The zero-order valence-corrected chi connectivity index (χ0v) is 7.59. The monoisotopic (exact) mass is 183 g/mol. The van der Waals surface area contributed by atoms with Gasteiger partial charge in [0.05, 0.1) is 13.1 Å². The maximum absolute atomic E-state index is 6.82. The third kappa shape index (κ3) is 1.80. The topological polar surface area (TPSA) is 22.2 Å². The van der Waals surface area contributed by atoms with Crippen LogP contribution in [-0.2, 0) is 6.54 Å². The lowest BCUT2D eigenvalue weighted by atomic mass is 10.2. The second-order valence-electron chi connectivity index (χ2n) is 2.98. The lowest BCUT2D eigenvalue weighted by Gasteiger charge is -2.01. The molecule has 0 bridgehead atoms. The average Bonchev–Trinajstić information content (AvgIpc) is 2.72. The highest BCUT2D eigenvalue weighted by molar-refractivity contribution is 5.45. The molecule has 1 aromatic heterocycles. The van der Waals surface area contributed by atoms with Crippen molar-refractivity contribution in [2.45, 2.75) is 6.54 Å². The number of nitrogens with zero attached hydrogens (tertiary/aromatic N) is 3. The van der Waals surface area contributed by atoms with Crippen molar-refractivity contribution in [2.24, 2.45) is 0 Å². The van der Waals surface area contributed by atoms with Gasteiger partial charge in [0.25, 0.3) is 0 Å². The summed E-state index contributed by atoms with van der Waals surface area (Å²) in [5, 5.41) is 4.11. The van der Waals surface area contributed by atoms with Crippen molar-refractivity contribution in [3.8, 4) is 0 Å². The van der Waals surface area contributed by atoms with E-state index in [1.807, 2.05) is 41.2 Å². The molecule has 0 amide bonds. The summed E-state index contributed by atoms with van der Waals surface area (Å²) in [5.41, 5.74) is 1.83. The minimum absolute atomic E-state index is 0.675. The number of aromatic nitrogens is 2. The summed E-state index contributed by atoms with van der Waals surface area (Å²) < 4.78 is 1.85. The first kappa shape index (κ1) is 8.52. The molecular formula is C11H9N3. The Bertz CT molecular complexity index is 434. The van der Waals surface area contributed by atoms with Crippen molar-refractivity contribution in [2.75, 3.05) is 0 Å². The van der Waals surface area contributed by atoms with E-state index >= 15 is 0 Å². The standard InChI is InChI=1S/C11H9N3/c1-12-11-5-3-10(4-6-11)9-14-8-2-7-13-14/h2-8H,9H2. The van der Waals surface area contributed by atoms with Gasteiger partial charge >= 0.3 is 0 Å². The quantitative estimate of drug-likeness (QED) is 0.655. The summed E-state index contributed by atoms with van der Waals surface area (Å²) in [6.07, 6.45) is 3.68. The minimum atomic E-state index is 0.675. The van der Waals surface area contributed by atoms with E-state index in [9.17, 15) is 0 Å². The van der Waals surface area contributed by atoms with Gasteiger partial charge in [-0.1, -0.05) is 24.3 Å². The molecular weight excluding hydrogens is 174 g/mol. The van der Waals surface area contributed by atoms with Crippen molar-refractivity contribution in [3.05, 3.63) is 59.7 Å². The molecule has 0 fully saturated rings. The minimum Gasteiger partial charge on any atom is -0.268 e. The molecule has 2 aromatic rings. The number of rotatable bonds is 2. The Kier molecular flexibility index (Phi) is 2.28. The van der Waals surface area contributed by atoms with Gasteiger partial charge in [-0.05, 0) is 11.6 Å². The molecule has 68 valence electrons. The summed E-state index contributed by atoms with van der Waals surface area (Å²) >= 11 is 0. The van der Waals surface area contributed by atoms with Gasteiger partial charge in [0.1, 0.15) is 0 Å². The molecule has 2 rings (SSSR count). The van der Waals surface area contributed by atoms with Gasteiger partial charge in [0.2, 0.25) is 0 Å². The second-order valence-corrected chi connectivity index (χ2v) is 2.98. The molecule has 0 saturated heterocycles. The Balaban J connectivity index is 2.15. The summed E-state index contributed by atoms with van der Waals surface area (Å²) in [6, 6.07) is 9.45. The van der Waals surface area contributed by atoms with E-state index < -0.39 is 0 Å². The highest BCUT2D eigenvalue weighted by Gasteiger charge is 1.95. The van der Waals surface area contributed by atoms with E-state index in [0.29, 0.717) is 5.69 Å². The van der Waals surface area contributed by atoms with Crippen LogP contribution in [0.5, 0.6) is 0 Å². The highest BCUT2D eigenvalue weighted by atomic mass is 15.3. The molecule has 0 aliphatic heterocycles. The lowest BCUT2D eigenvalue weighted by molar-refractivity contribution is 0.687. The summed E-state index contributed by atoms with van der Waals surface area (Å²) in [5.74, 6) is 0. The van der Waals surface area contributed by atoms with Gasteiger partial charge in [-0.15, -0.1) is 0 Å². The largest absolute Gasteiger partial charge is 0.268 e. The van der Waals surface area contributed by atoms with Gasteiger partial charge in [-0.25, -0.2) is 4.85 Å². The highest BCUT2D eigenvalue weighted by Crippen LogP contribution is 2.12. The first-order valence-corrected chi connectivity index (χ1v) is 4.32. The summed E-state index contributed by atoms with van der Waals surface area (Å²) in [4.78, 5) is 3.34. The van der Waals surface area contributed by atoms with Gasteiger partial charge in [-0.2, -0.15) is 5.10 Å². The van der Waals surface area contributed by atoms with Crippen LogP contribution in [0.15, 0.2) is 42.7 Å². The van der Waals surface area contributed by atoms with Crippen LogP contribution >= 0.6 is 0 Å². The Labute approximate surface area is 82.4 Å². The predicted octanol–water partition coefficient (Wildman–Crippen LogP) is 2.48. The van der Waals surface area contributed by atoms with Crippen molar-refractivity contribution >= 4 is 5.69 Å². The normalized spacial score (nSPS) is 9.64. The maximum atomic E-state index is 6.82. The molecule has 0 aliphatic rings. The summed E-state index contributed by atoms with van der Waals surface area (Å²) in [7, 11) is 0. The van der Waals surface area contributed by atoms with Gasteiger partial charge < -0.3 is 0 Å². The molecule has 0 N–H and O–H groups in total. The van der Waals surface area contributed by atoms with Gasteiger partial charge in [0.15, 0.2) is 5.69 Å². The Hall–Kier alpha value is -2.08. The van der Waals surface area contributed by atoms with Crippen LogP contribution in [0.25, 0.3) is 4.85 Å². The molecule has 14 heavy (non-hydrogen) atoms. The average molecular weight is 183 g/mol. The van der Waals surface area contributed by atoms with Crippen LogP contribution in [0.1, 0.15) is 5.56 Å². The Morgan fingerprint density at radius 3 is 2.64 bits per heavy atom. The van der Waals surface area contributed by atoms with Crippen LogP contribution in [0, 0.1) is 6.57 Å². The fraction of sp³-hybridized carbons (Fsp3) is 0.0909. The van der Waals surface area contributed by atoms with Crippen molar-refractivity contribution in [3.63, 3.8) is 0 Å². The van der Waals surface area contributed by atoms with Crippen LogP contribution < -0.4 is 0 Å². The van der Waals surface area contributed by atoms with E-state index in [1.165, 1.54) is 0 Å². The molecule has 0 saturated carbocycles. The zero-order valence-electron chi connectivity index (χ0n) is 7.59. The van der Waals surface area contributed by atoms with Crippen LogP contribution in [0.3, 0.4) is 0 Å². The molecule has 0 unspecified atom stereocenters. The molecule has 3 heteroatoms. The van der Waals surface area contributed by atoms with Crippen molar-refractivity contribution in [1.29, 1.82) is 0 Å². The Morgan fingerprint density at radius 1 is 1.29 bits per heavy atom.